The van der Waals surface area contributed by atoms with Crippen molar-refractivity contribution in [2.75, 3.05) is 5.32 Å². The Bertz CT molecular complexity index is 627. The molecule has 1 aromatic carbocycles. The number of benzene rings is 1. The summed E-state index contributed by atoms with van der Waals surface area (Å²) >= 11 is 2.14. The van der Waals surface area contributed by atoms with Gasteiger partial charge < -0.3 is 5.32 Å². The summed E-state index contributed by atoms with van der Waals surface area (Å²) in [5, 5.41) is 15.6. The summed E-state index contributed by atoms with van der Waals surface area (Å²) in [5.74, 6) is -0.149. The first kappa shape index (κ1) is 13.5. The van der Waals surface area contributed by atoms with E-state index in [0.29, 0.717) is 11.3 Å². The van der Waals surface area contributed by atoms with Gasteiger partial charge in [0.2, 0.25) is 5.91 Å². The minimum Gasteiger partial charge on any atom is -0.324 e. The van der Waals surface area contributed by atoms with Gasteiger partial charge in [0.15, 0.2) is 0 Å². The lowest BCUT2D eigenvalue weighted by Gasteiger charge is -2.12. The summed E-state index contributed by atoms with van der Waals surface area (Å²) < 4.78 is 2.59. The van der Waals surface area contributed by atoms with Crippen LogP contribution in [0.1, 0.15) is 18.5 Å². The van der Waals surface area contributed by atoms with Crippen molar-refractivity contribution in [3.8, 4) is 6.07 Å². The molecule has 5 nitrogen and oxygen atoms in total. The quantitative estimate of drug-likeness (QED) is 0.849. The topological polar surface area (TPSA) is 70.7 Å². The number of hydrogen-bond donors (Lipinski definition) is 1. The highest BCUT2D eigenvalue weighted by atomic mass is 127. The highest BCUT2D eigenvalue weighted by Gasteiger charge is 2.15. The van der Waals surface area contributed by atoms with Crippen LogP contribution >= 0.6 is 22.6 Å². The summed E-state index contributed by atoms with van der Waals surface area (Å²) in [4.78, 5) is 12.0. The molecule has 2 aromatic rings. The molecule has 1 N–H and O–H groups in total. The number of nitriles is 1. The second kappa shape index (κ2) is 5.84. The van der Waals surface area contributed by atoms with Crippen LogP contribution in [-0.2, 0) is 4.79 Å². The van der Waals surface area contributed by atoms with Crippen molar-refractivity contribution in [2.45, 2.75) is 13.0 Å². The Morgan fingerprint density at radius 3 is 2.68 bits per heavy atom. The predicted molar refractivity (Wildman–Crippen MR) is 79.4 cm³/mol. The molecule has 0 aliphatic heterocycles. The minimum atomic E-state index is -0.390. The van der Waals surface area contributed by atoms with Crippen LogP contribution in [0.25, 0.3) is 0 Å². The van der Waals surface area contributed by atoms with Gasteiger partial charge in [-0.1, -0.05) is 0 Å². The number of amides is 1. The highest BCUT2D eigenvalue weighted by molar-refractivity contribution is 14.1. The van der Waals surface area contributed by atoms with E-state index in [1.165, 1.54) is 0 Å². The van der Waals surface area contributed by atoms with Gasteiger partial charge >= 0.3 is 0 Å². The Morgan fingerprint density at radius 1 is 1.47 bits per heavy atom. The normalized spacial score (nSPS) is 11.6. The summed E-state index contributed by atoms with van der Waals surface area (Å²) in [6.07, 6.45) is 3.51. The molecule has 0 spiro atoms. The zero-order chi connectivity index (χ0) is 13.8. The fraction of sp³-hybridized carbons (Fsp3) is 0.154. The highest BCUT2D eigenvalue weighted by Crippen LogP contribution is 2.13. The van der Waals surface area contributed by atoms with Crippen LogP contribution in [0.2, 0.25) is 0 Å². The summed E-state index contributed by atoms with van der Waals surface area (Å²) in [6, 6.07) is 8.38. The van der Waals surface area contributed by atoms with Crippen LogP contribution in [0.5, 0.6) is 0 Å². The molecule has 0 aliphatic carbocycles. The van der Waals surface area contributed by atoms with Gasteiger partial charge in [0, 0.05) is 11.9 Å². The Labute approximate surface area is 124 Å². The van der Waals surface area contributed by atoms with Crippen LogP contribution in [-0.4, -0.2) is 15.7 Å². The molecule has 0 aliphatic rings. The fourth-order valence-electron chi connectivity index (χ4n) is 1.52. The number of halogens is 1. The van der Waals surface area contributed by atoms with Crippen LogP contribution in [0.3, 0.4) is 0 Å². The number of nitrogens with one attached hydrogen (secondary N) is 1. The maximum Gasteiger partial charge on any atom is 0.248 e. The van der Waals surface area contributed by atoms with E-state index < -0.39 is 0 Å². The van der Waals surface area contributed by atoms with Crippen molar-refractivity contribution in [2.24, 2.45) is 0 Å². The van der Waals surface area contributed by atoms with Gasteiger partial charge in [-0.25, -0.2) is 0 Å². The third-order valence-electron chi connectivity index (χ3n) is 2.63. The first-order valence-corrected chi connectivity index (χ1v) is 6.68. The van der Waals surface area contributed by atoms with Crippen LogP contribution < -0.4 is 5.32 Å². The van der Waals surface area contributed by atoms with Crippen molar-refractivity contribution < 1.29 is 4.79 Å². The van der Waals surface area contributed by atoms with E-state index in [1.807, 2.05) is 12.3 Å². The van der Waals surface area contributed by atoms with Crippen molar-refractivity contribution in [1.82, 2.24) is 9.78 Å². The predicted octanol–water partition coefficient (Wildman–Crippen LogP) is 2.56. The number of hydrogen-bond acceptors (Lipinski definition) is 3. The van der Waals surface area contributed by atoms with Crippen LogP contribution in [0.15, 0.2) is 36.7 Å². The van der Waals surface area contributed by atoms with Crippen LogP contribution in [0.4, 0.5) is 5.69 Å². The maximum atomic E-state index is 12.0. The molecular formula is C13H11IN4O. The first-order chi connectivity index (χ1) is 9.10. The maximum absolute atomic E-state index is 12.0. The second-order valence-corrected chi connectivity index (χ2v) is 5.24. The van der Waals surface area contributed by atoms with Gasteiger partial charge in [0.25, 0.3) is 0 Å². The number of nitrogens with zero attached hydrogens (tertiary/aromatic N) is 3. The summed E-state index contributed by atoms with van der Waals surface area (Å²) in [7, 11) is 0. The minimum absolute atomic E-state index is 0.149. The van der Waals surface area contributed by atoms with E-state index in [0.717, 1.165) is 3.57 Å². The van der Waals surface area contributed by atoms with Crippen molar-refractivity contribution >= 4 is 34.2 Å². The molecule has 0 fully saturated rings. The van der Waals surface area contributed by atoms with E-state index in [-0.39, 0.29) is 11.9 Å². The molecule has 6 heteroatoms. The number of carbonyl (C=O) groups is 1. The molecule has 96 valence electrons. The lowest BCUT2D eigenvalue weighted by atomic mass is 10.2. The lowest BCUT2D eigenvalue weighted by Crippen LogP contribution is -2.23. The average Bonchev–Trinajstić information content (AvgIpc) is 2.85. The molecule has 2 rings (SSSR count). The van der Waals surface area contributed by atoms with Gasteiger partial charge in [-0.05, 0) is 53.8 Å². The number of rotatable bonds is 3. The lowest BCUT2D eigenvalue weighted by molar-refractivity contribution is -0.119. The van der Waals surface area contributed by atoms with E-state index >= 15 is 0 Å². The monoisotopic (exact) mass is 366 g/mol. The van der Waals surface area contributed by atoms with E-state index in [9.17, 15) is 4.79 Å². The number of anilines is 1. The van der Waals surface area contributed by atoms with E-state index in [2.05, 4.69) is 33.0 Å². The first-order valence-electron chi connectivity index (χ1n) is 5.61. The molecule has 1 unspecified atom stereocenters. The Kier molecular flexibility index (Phi) is 4.16. The summed E-state index contributed by atoms with van der Waals surface area (Å²) in [6.45, 7) is 1.78. The number of aromatic nitrogens is 2. The molecule has 0 saturated heterocycles. The Balaban J connectivity index is 2.06. The smallest absolute Gasteiger partial charge is 0.248 e. The standard InChI is InChI=1S/C13H11IN4O/c1-9(18-8-11(14)7-16-18)13(19)17-12-4-2-10(6-15)3-5-12/h2-5,7-9H,1H3,(H,17,19). The molecule has 19 heavy (non-hydrogen) atoms. The Hall–Kier alpha value is -1.88. The van der Waals surface area contributed by atoms with Crippen LogP contribution in [0, 0.1) is 14.9 Å². The third kappa shape index (κ3) is 3.32. The summed E-state index contributed by atoms with van der Waals surface area (Å²) in [5.41, 5.74) is 1.23. The molecule has 0 radical (unpaired) electrons. The molecule has 1 aromatic heterocycles. The van der Waals surface area contributed by atoms with Gasteiger partial charge in [-0.15, -0.1) is 0 Å². The van der Waals surface area contributed by atoms with Gasteiger partial charge in [-0.3, -0.25) is 9.48 Å². The molecule has 1 atom stereocenters. The van der Waals surface area contributed by atoms with Gasteiger partial charge in [0.05, 0.1) is 21.4 Å². The fourth-order valence-corrected chi connectivity index (χ4v) is 1.93. The molecule has 0 saturated carbocycles. The molecular weight excluding hydrogens is 355 g/mol. The van der Waals surface area contributed by atoms with Gasteiger partial charge in [-0.2, -0.15) is 10.4 Å². The average molecular weight is 366 g/mol. The van der Waals surface area contributed by atoms with Crippen molar-refractivity contribution in [3.63, 3.8) is 0 Å². The molecule has 1 amide bonds. The zero-order valence-corrected chi connectivity index (χ0v) is 12.3. The second-order valence-electron chi connectivity index (χ2n) is 3.99. The van der Waals surface area contributed by atoms with Gasteiger partial charge in [0.1, 0.15) is 6.04 Å². The van der Waals surface area contributed by atoms with E-state index in [4.69, 9.17) is 5.26 Å². The molecule has 1 heterocycles. The largest absolute Gasteiger partial charge is 0.324 e. The SMILES string of the molecule is CC(C(=O)Nc1ccc(C#N)cc1)n1cc(I)cn1. The Morgan fingerprint density at radius 2 is 2.16 bits per heavy atom. The van der Waals surface area contributed by atoms with Crippen molar-refractivity contribution in [1.29, 1.82) is 5.26 Å². The number of carbonyl (C=O) groups excluding carboxylic acids is 1. The third-order valence-corrected chi connectivity index (χ3v) is 3.18. The molecule has 0 bridgehead atoms. The van der Waals surface area contributed by atoms with Crippen molar-refractivity contribution in [3.05, 3.63) is 45.8 Å². The zero-order valence-electron chi connectivity index (χ0n) is 10.2. The van der Waals surface area contributed by atoms with E-state index in [1.54, 1.807) is 42.1 Å².